The molecule has 1 N–H and O–H groups in total. The number of rotatable bonds is 3. The van der Waals surface area contributed by atoms with Gasteiger partial charge in [-0.05, 0) is 45.4 Å². The fourth-order valence-corrected chi connectivity index (χ4v) is 3.71. The van der Waals surface area contributed by atoms with Crippen molar-refractivity contribution in [2.24, 2.45) is 13.0 Å². The highest BCUT2D eigenvalue weighted by molar-refractivity contribution is 9.09. The van der Waals surface area contributed by atoms with Crippen molar-refractivity contribution in [1.29, 1.82) is 0 Å². The van der Waals surface area contributed by atoms with Crippen LogP contribution in [-0.2, 0) is 7.05 Å². The minimum Gasteiger partial charge on any atom is -0.346 e. The number of alkyl halides is 1. The molecular weight excluding hydrogens is 318 g/mol. The molecule has 0 bridgehead atoms. The Kier molecular flexibility index (Phi) is 4.57. The molecule has 0 aromatic carbocycles. The van der Waals surface area contributed by atoms with Crippen molar-refractivity contribution in [2.75, 3.05) is 5.33 Å². The second-order valence-electron chi connectivity index (χ2n) is 6.22. The number of nitrogens with one attached hydrogen (secondary N) is 1. The summed E-state index contributed by atoms with van der Waals surface area (Å²) in [7, 11) is 1.88. The molecule has 1 aliphatic carbocycles. The maximum Gasteiger partial charge on any atom is 0.255 e. The monoisotopic (exact) mass is 341 g/mol. The first-order valence-electron chi connectivity index (χ1n) is 7.27. The normalized spacial score (nSPS) is 26.6. The molecular formula is C15H24BrN3O. The molecule has 0 saturated heterocycles. The number of nitrogens with zero attached hydrogens (tertiary/aromatic N) is 2. The zero-order chi connectivity index (χ0) is 14.9. The molecule has 1 fully saturated rings. The minimum absolute atomic E-state index is 0.0158. The van der Waals surface area contributed by atoms with Gasteiger partial charge in [-0.3, -0.25) is 9.48 Å². The van der Waals surface area contributed by atoms with E-state index in [4.69, 9.17) is 0 Å². The van der Waals surface area contributed by atoms with Crippen molar-refractivity contribution in [3.8, 4) is 0 Å². The van der Waals surface area contributed by atoms with E-state index in [9.17, 15) is 4.79 Å². The maximum atomic E-state index is 12.6. The third kappa shape index (κ3) is 2.92. The van der Waals surface area contributed by atoms with Crippen molar-refractivity contribution in [2.45, 2.75) is 52.0 Å². The van der Waals surface area contributed by atoms with Gasteiger partial charge >= 0.3 is 0 Å². The molecule has 0 atom stereocenters. The molecule has 0 unspecified atom stereocenters. The Bertz CT molecular complexity index is 501. The van der Waals surface area contributed by atoms with Gasteiger partial charge in [-0.2, -0.15) is 5.10 Å². The van der Waals surface area contributed by atoms with E-state index in [0.29, 0.717) is 0 Å². The number of aryl methyl sites for hydroxylation is 2. The van der Waals surface area contributed by atoms with Gasteiger partial charge in [-0.15, -0.1) is 0 Å². The Morgan fingerprint density at radius 1 is 1.45 bits per heavy atom. The van der Waals surface area contributed by atoms with Gasteiger partial charge in [0.1, 0.15) is 0 Å². The molecule has 0 spiro atoms. The molecule has 112 valence electrons. The quantitative estimate of drug-likeness (QED) is 0.858. The Labute approximate surface area is 129 Å². The zero-order valence-corrected chi connectivity index (χ0v) is 14.4. The third-order valence-electron chi connectivity index (χ3n) is 4.60. The standard InChI is InChI=1S/C15H24BrN3O/c1-10-5-7-15(9-16,8-6-10)17-14(20)13-11(2)18-19(4)12(13)3/h10H,5-9H2,1-4H3,(H,17,20). The van der Waals surface area contributed by atoms with Gasteiger partial charge in [0.25, 0.3) is 5.91 Å². The summed E-state index contributed by atoms with van der Waals surface area (Å²) in [6.07, 6.45) is 4.45. The summed E-state index contributed by atoms with van der Waals surface area (Å²) >= 11 is 3.60. The summed E-state index contributed by atoms with van der Waals surface area (Å²) in [6, 6.07) is 0. The van der Waals surface area contributed by atoms with Crippen LogP contribution < -0.4 is 5.32 Å². The average Bonchev–Trinajstić information content (AvgIpc) is 2.66. The lowest BCUT2D eigenvalue weighted by atomic mass is 9.78. The first-order valence-corrected chi connectivity index (χ1v) is 8.39. The predicted octanol–water partition coefficient (Wildman–Crippen LogP) is 3.11. The van der Waals surface area contributed by atoms with Gasteiger partial charge < -0.3 is 5.32 Å². The van der Waals surface area contributed by atoms with E-state index in [1.807, 2.05) is 20.9 Å². The Balaban J connectivity index is 2.17. The number of hydrogen-bond acceptors (Lipinski definition) is 2. The highest BCUT2D eigenvalue weighted by Gasteiger charge is 2.35. The molecule has 5 heteroatoms. The number of halogens is 1. The van der Waals surface area contributed by atoms with Crippen LogP contribution in [0.2, 0.25) is 0 Å². The SMILES string of the molecule is Cc1nn(C)c(C)c1C(=O)NC1(CBr)CCC(C)CC1. The topological polar surface area (TPSA) is 46.9 Å². The molecule has 4 nitrogen and oxygen atoms in total. The van der Waals surface area contributed by atoms with E-state index in [-0.39, 0.29) is 11.4 Å². The van der Waals surface area contributed by atoms with Crippen molar-refractivity contribution in [3.05, 3.63) is 17.0 Å². The molecule has 1 heterocycles. The lowest BCUT2D eigenvalue weighted by molar-refractivity contribution is 0.0873. The Hall–Kier alpha value is -0.840. The number of amides is 1. The Morgan fingerprint density at radius 3 is 2.50 bits per heavy atom. The highest BCUT2D eigenvalue weighted by atomic mass is 79.9. The van der Waals surface area contributed by atoms with Crippen LogP contribution in [0.5, 0.6) is 0 Å². The van der Waals surface area contributed by atoms with E-state index < -0.39 is 0 Å². The van der Waals surface area contributed by atoms with Crippen molar-refractivity contribution in [1.82, 2.24) is 15.1 Å². The number of carbonyl (C=O) groups excluding carboxylic acids is 1. The molecule has 1 aromatic heterocycles. The highest BCUT2D eigenvalue weighted by Crippen LogP contribution is 2.33. The van der Waals surface area contributed by atoms with Crippen LogP contribution in [0.1, 0.15) is 54.4 Å². The number of hydrogen-bond donors (Lipinski definition) is 1. The third-order valence-corrected chi connectivity index (χ3v) is 5.68. The van der Waals surface area contributed by atoms with E-state index in [0.717, 1.165) is 41.0 Å². The van der Waals surface area contributed by atoms with Gasteiger partial charge in [0, 0.05) is 18.1 Å². The van der Waals surface area contributed by atoms with Crippen molar-refractivity contribution in [3.63, 3.8) is 0 Å². The molecule has 1 aliphatic rings. The van der Waals surface area contributed by atoms with Crippen LogP contribution in [0.3, 0.4) is 0 Å². The van der Waals surface area contributed by atoms with Crippen molar-refractivity contribution < 1.29 is 4.79 Å². The molecule has 2 rings (SSSR count). The van der Waals surface area contributed by atoms with E-state index in [1.165, 1.54) is 12.8 Å². The summed E-state index contributed by atoms with van der Waals surface area (Å²) < 4.78 is 1.77. The zero-order valence-electron chi connectivity index (χ0n) is 12.8. The summed E-state index contributed by atoms with van der Waals surface area (Å²) in [5.41, 5.74) is 2.36. The summed E-state index contributed by atoms with van der Waals surface area (Å²) in [4.78, 5) is 12.6. The molecule has 0 radical (unpaired) electrons. The molecule has 0 aliphatic heterocycles. The van der Waals surface area contributed by atoms with Gasteiger partial charge in [0.2, 0.25) is 0 Å². The minimum atomic E-state index is -0.0989. The van der Waals surface area contributed by atoms with E-state index in [1.54, 1.807) is 4.68 Å². The van der Waals surface area contributed by atoms with Crippen LogP contribution in [-0.4, -0.2) is 26.6 Å². The van der Waals surface area contributed by atoms with Gasteiger partial charge in [-0.25, -0.2) is 0 Å². The fraction of sp³-hybridized carbons (Fsp3) is 0.733. The van der Waals surface area contributed by atoms with Crippen LogP contribution in [0.15, 0.2) is 0 Å². The maximum absolute atomic E-state index is 12.6. The van der Waals surface area contributed by atoms with Crippen LogP contribution in [0, 0.1) is 19.8 Å². The van der Waals surface area contributed by atoms with Crippen LogP contribution in [0.25, 0.3) is 0 Å². The number of carbonyl (C=O) groups is 1. The molecule has 1 saturated carbocycles. The molecule has 1 amide bonds. The second-order valence-corrected chi connectivity index (χ2v) is 6.78. The largest absolute Gasteiger partial charge is 0.346 e. The van der Waals surface area contributed by atoms with Gasteiger partial charge in [0.15, 0.2) is 0 Å². The first kappa shape index (κ1) is 15.5. The summed E-state index contributed by atoms with van der Waals surface area (Å²) in [6.45, 7) is 6.12. The molecule has 20 heavy (non-hydrogen) atoms. The van der Waals surface area contributed by atoms with Gasteiger partial charge in [0.05, 0.1) is 16.8 Å². The fourth-order valence-electron chi connectivity index (χ4n) is 3.01. The summed E-state index contributed by atoms with van der Waals surface area (Å²) in [5, 5.41) is 8.42. The van der Waals surface area contributed by atoms with Crippen LogP contribution in [0.4, 0.5) is 0 Å². The first-order chi connectivity index (χ1) is 9.38. The van der Waals surface area contributed by atoms with Gasteiger partial charge in [-0.1, -0.05) is 22.9 Å². The molecule has 1 aromatic rings. The summed E-state index contributed by atoms with van der Waals surface area (Å²) in [5.74, 6) is 0.781. The lowest BCUT2D eigenvalue weighted by Gasteiger charge is -2.39. The van der Waals surface area contributed by atoms with Crippen LogP contribution >= 0.6 is 15.9 Å². The smallest absolute Gasteiger partial charge is 0.255 e. The Morgan fingerprint density at radius 2 is 2.05 bits per heavy atom. The van der Waals surface area contributed by atoms with Crippen molar-refractivity contribution >= 4 is 21.8 Å². The predicted molar refractivity (Wildman–Crippen MR) is 84.3 cm³/mol. The second kappa shape index (κ2) is 5.88. The van der Waals surface area contributed by atoms with E-state index >= 15 is 0 Å². The lowest BCUT2D eigenvalue weighted by Crippen LogP contribution is -2.52. The number of aromatic nitrogens is 2. The van der Waals surface area contributed by atoms with E-state index in [2.05, 4.69) is 33.3 Å². The average molecular weight is 342 g/mol.